The number of hydrogen-bond acceptors (Lipinski definition) is 4. The van der Waals surface area contributed by atoms with Gasteiger partial charge in [0.15, 0.2) is 0 Å². The van der Waals surface area contributed by atoms with Gasteiger partial charge in [0.1, 0.15) is 5.75 Å². The molecule has 1 amide bonds. The van der Waals surface area contributed by atoms with Crippen molar-refractivity contribution >= 4 is 15.9 Å². The molecule has 0 aromatic heterocycles. The van der Waals surface area contributed by atoms with Crippen molar-refractivity contribution in [1.82, 2.24) is 9.21 Å². The molecule has 1 aromatic carbocycles. The van der Waals surface area contributed by atoms with Gasteiger partial charge in [-0.15, -0.1) is 0 Å². The monoisotopic (exact) mass is 368 g/mol. The summed E-state index contributed by atoms with van der Waals surface area (Å²) in [6.07, 6.45) is 0.932. The largest absolute Gasteiger partial charge is 0.496 e. The van der Waals surface area contributed by atoms with Crippen molar-refractivity contribution < 1.29 is 17.9 Å². The number of hydrogen-bond donors (Lipinski definition) is 0. The van der Waals surface area contributed by atoms with Crippen LogP contribution in [-0.2, 0) is 21.2 Å². The lowest BCUT2D eigenvalue weighted by Crippen LogP contribution is -2.38. The van der Waals surface area contributed by atoms with Gasteiger partial charge in [0.2, 0.25) is 15.9 Å². The number of benzene rings is 1. The molecule has 25 heavy (non-hydrogen) atoms. The highest BCUT2D eigenvalue weighted by atomic mass is 32.2. The zero-order chi connectivity index (χ0) is 18.6. The van der Waals surface area contributed by atoms with Crippen LogP contribution in [0.25, 0.3) is 0 Å². The van der Waals surface area contributed by atoms with Crippen molar-refractivity contribution in [3.8, 4) is 5.75 Å². The van der Waals surface area contributed by atoms with Crippen LogP contribution in [0.4, 0.5) is 0 Å². The second kappa shape index (κ2) is 8.19. The molecule has 6 nitrogen and oxygen atoms in total. The Kier molecular flexibility index (Phi) is 6.46. The van der Waals surface area contributed by atoms with Crippen molar-refractivity contribution in [1.29, 1.82) is 0 Å². The highest BCUT2D eigenvalue weighted by molar-refractivity contribution is 7.89. The molecule has 0 radical (unpaired) electrons. The molecule has 0 N–H and O–H groups in total. The Morgan fingerprint density at radius 1 is 1.16 bits per heavy atom. The normalized spacial score (nSPS) is 16.6. The number of carbonyl (C=O) groups is 1. The molecule has 1 aromatic rings. The molecule has 1 aliphatic heterocycles. The van der Waals surface area contributed by atoms with Crippen LogP contribution in [0.5, 0.6) is 5.75 Å². The molecule has 1 heterocycles. The Bertz CT molecular complexity index is 731. The smallest absolute Gasteiger partial charge is 0.227 e. The number of nitrogens with zero attached hydrogens (tertiary/aromatic N) is 2. The van der Waals surface area contributed by atoms with E-state index in [4.69, 9.17) is 4.74 Å². The van der Waals surface area contributed by atoms with E-state index >= 15 is 0 Å². The topological polar surface area (TPSA) is 66.9 Å². The summed E-state index contributed by atoms with van der Waals surface area (Å²) in [4.78, 5) is 14.5. The van der Waals surface area contributed by atoms with Crippen LogP contribution in [0.2, 0.25) is 0 Å². The van der Waals surface area contributed by atoms with Crippen molar-refractivity contribution in [3.63, 3.8) is 0 Å². The number of carbonyl (C=O) groups excluding carboxylic acids is 1. The molecule has 0 unspecified atom stereocenters. The zero-order valence-corrected chi connectivity index (χ0v) is 16.4. The first-order valence-corrected chi connectivity index (χ1v) is 10.3. The number of amides is 1. The van der Waals surface area contributed by atoms with E-state index in [-0.39, 0.29) is 18.1 Å². The molecule has 0 aliphatic carbocycles. The maximum absolute atomic E-state index is 12.7. The lowest BCUT2D eigenvalue weighted by Gasteiger charge is -2.22. The van der Waals surface area contributed by atoms with Gasteiger partial charge in [-0.25, -0.2) is 12.7 Å². The molecule has 140 valence electrons. The second-order valence-electron chi connectivity index (χ2n) is 6.48. The third-order valence-electron chi connectivity index (χ3n) is 4.61. The van der Waals surface area contributed by atoms with Gasteiger partial charge in [0.05, 0.1) is 19.3 Å². The molecule has 7 heteroatoms. The number of aryl methyl sites for hydroxylation is 2. The van der Waals surface area contributed by atoms with E-state index in [0.717, 1.165) is 22.4 Å². The molecule has 2 rings (SSSR count). The lowest BCUT2D eigenvalue weighted by atomic mass is 10.0. The minimum atomic E-state index is -3.20. The van der Waals surface area contributed by atoms with Gasteiger partial charge in [0.25, 0.3) is 0 Å². The first-order valence-electron chi connectivity index (χ1n) is 8.68. The summed E-state index contributed by atoms with van der Waals surface area (Å²) in [6.45, 7) is 7.49. The van der Waals surface area contributed by atoms with Gasteiger partial charge >= 0.3 is 0 Å². The number of rotatable bonds is 5. The molecular weight excluding hydrogens is 340 g/mol. The minimum absolute atomic E-state index is 0.0130. The fourth-order valence-electron chi connectivity index (χ4n) is 3.34. The first-order chi connectivity index (χ1) is 11.8. The van der Waals surface area contributed by atoms with E-state index in [9.17, 15) is 13.2 Å². The minimum Gasteiger partial charge on any atom is -0.496 e. The second-order valence-corrected chi connectivity index (χ2v) is 8.74. The third kappa shape index (κ3) is 4.73. The van der Waals surface area contributed by atoms with E-state index in [2.05, 4.69) is 0 Å². The Morgan fingerprint density at radius 3 is 2.52 bits per heavy atom. The highest BCUT2D eigenvalue weighted by Crippen LogP contribution is 2.26. The summed E-state index contributed by atoms with van der Waals surface area (Å²) in [7, 11) is -1.58. The quantitative estimate of drug-likeness (QED) is 0.794. The van der Waals surface area contributed by atoms with Crippen molar-refractivity contribution in [2.75, 3.05) is 39.0 Å². The van der Waals surface area contributed by atoms with Crippen LogP contribution in [0.15, 0.2) is 12.1 Å². The van der Waals surface area contributed by atoms with Gasteiger partial charge in [-0.1, -0.05) is 17.7 Å². The van der Waals surface area contributed by atoms with Crippen LogP contribution in [0, 0.1) is 13.8 Å². The van der Waals surface area contributed by atoms with Gasteiger partial charge in [-0.05, 0) is 32.8 Å². The molecule has 0 saturated carbocycles. The molecular formula is C18H28N2O4S. The summed E-state index contributed by atoms with van der Waals surface area (Å²) < 4.78 is 31.0. The average Bonchev–Trinajstić information content (AvgIpc) is 2.81. The van der Waals surface area contributed by atoms with E-state index in [1.807, 2.05) is 26.0 Å². The van der Waals surface area contributed by atoms with Gasteiger partial charge in [0, 0.05) is 31.7 Å². The molecule has 0 spiro atoms. The van der Waals surface area contributed by atoms with Gasteiger partial charge < -0.3 is 9.64 Å². The average molecular weight is 368 g/mol. The molecule has 0 bridgehead atoms. The maximum Gasteiger partial charge on any atom is 0.227 e. The van der Waals surface area contributed by atoms with Crippen LogP contribution >= 0.6 is 0 Å². The SMILES string of the molecule is CCS(=O)(=O)N1CCCN(C(=O)Cc2cc(C)cc(C)c2OC)CC1. The third-order valence-corrected chi connectivity index (χ3v) is 6.49. The standard InChI is InChI=1S/C18H28N2O4S/c1-5-25(22,23)20-8-6-7-19(9-10-20)17(21)13-16-12-14(2)11-15(3)18(16)24-4/h11-12H,5-10,13H2,1-4H3. The Hall–Kier alpha value is -1.60. The van der Waals surface area contributed by atoms with Gasteiger partial charge in [-0.3, -0.25) is 4.79 Å². The first kappa shape index (κ1) is 19.7. The Morgan fingerprint density at radius 2 is 1.88 bits per heavy atom. The fraction of sp³-hybridized carbons (Fsp3) is 0.611. The molecule has 1 aliphatic rings. The summed E-state index contributed by atoms with van der Waals surface area (Å²) in [5, 5.41) is 0. The lowest BCUT2D eigenvalue weighted by molar-refractivity contribution is -0.130. The summed E-state index contributed by atoms with van der Waals surface area (Å²) >= 11 is 0. The predicted octanol–water partition coefficient (Wildman–Crippen LogP) is 1.74. The van der Waals surface area contributed by atoms with Gasteiger partial charge in [-0.2, -0.15) is 0 Å². The maximum atomic E-state index is 12.7. The van der Waals surface area contributed by atoms with E-state index in [0.29, 0.717) is 32.6 Å². The van der Waals surface area contributed by atoms with E-state index < -0.39 is 10.0 Å². The fourth-order valence-corrected chi connectivity index (χ4v) is 4.48. The van der Waals surface area contributed by atoms with E-state index in [1.165, 1.54) is 4.31 Å². The van der Waals surface area contributed by atoms with E-state index in [1.54, 1.807) is 18.9 Å². The summed E-state index contributed by atoms with van der Waals surface area (Å²) in [5.41, 5.74) is 2.99. The summed E-state index contributed by atoms with van der Waals surface area (Å²) in [5.74, 6) is 0.865. The predicted molar refractivity (Wildman–Crippen MR) is 98.4 cm³/mol. The van der Waals surface area contributed by atoms with Crippen LogP contribution in [0.1, 0.15) is 30.0 Å². The molecule has 0 atom stereocenters. The van der Waals surface area contributed by atoms with Crippen LogP contribution < -0.4 is 4.74 Å². The van der Waals surface area contributed by atoms with Crippen molar-refractivity contribution in [3.05, 3.63) is 28.8 Å². The number of ether oxygens (including phenoxy) is 1. The van der Waals surface area contributed by atoms with Crippen LogP contribution in [0.3, 0.4) is 0 Å². The number of methoxy groups -OCH3 is 1. The molecule has 1 saturated heterocycles. The van der Waals surface area contributed by atoms with Crippen LogP contribution in [-0.4, -0.2) is 62.6 Å². The van der Waals surface area contributed by atoms with Crippen molar-refractivity contribution in [2.45, 2.75) is 33.6 Å². The number of sulfonamides is 1. The zero-order valence-electron chi connectivity index (χ0n) is 15.5. The highest BCUT2D eigenvalue weighted by Gasteiger charge is 2.26. The Balaban J connectivity index is 2.10. The van der Waals surface area contributed by atoms with Crippen molar-refractivity contribution in [2.24, 2.45) is 0 Å². The molecule has 1 fully saturated rings. The summed E-state index contributed by atoms with van der Waals surface area (Å²) in [6, 6.07) is 4.02. The Labute approximate surface area is 150 Å².